The number of amides is 2. The van der Waals surface area contributed by atoms with E-state index in [9.17, 15) is 9.59 Å². The normalized spacial score (nSPS) is 15.0. The Hall–Kier alpha value is -1.85. The Kier molecular flexibility index (Phi) is 4.68. The van der Waals surface area contributed by atoms with Crippen LogP contribution in [0.4, 0.5) is 5.00 Å². The molecule has 23 heavy (non-hydrogen) atoms. The number of carbonyl (C=O) groups is 2. The first kappa shape index (κ1) is 16.0. The maximum atomic E-state index is 12.3. The van der Waals surface area contributed by atoms with Crippen molar-refractivity contribution in [3.63, 3.8) is 0 Å². The molecule has 1 aromatic heterocycles. The number of hydrogen-bond acceptors (Lipinski definition) is 3. The van der Waals surface area contributed by atoms with E-state index in [0.717, 1.165) is 18.4 Å². The van der Waals surface area contributed by atoms with E-state index in [4.69, 9.17) is 11.6 Å². The van der Waals surface area contributed by atoms with Crippen LogP contribution in [-0.2, 0) is 4.79 Å². The number of benzene rings is 1. The van der Waals surface area contributed by atoms with Crippen LogP contribution in [0.25, 0.3) is 0 Å². The minimum Gasteiger partial charge on any atom is -0.345 e. The van der Waals surface area contributed by atoms with Crippen LogP contribution < -0.4 is 10.6 Å². The van der Waals surface area contributed by atoms with Gasteiger partial charge < -0.3 is 10.6 Å². The van der Waals surface area contributed by atoms with E-state index >= 15 is 0 Å². The van der Waals surface area contributed by atoms with E-state index in [0.29, 0.717) is 14.9 Å². The summed E-state index contributed by atoms with van der Waals surface area (Å²) in [7, 11) is 0. The fourth-order valence-electron chi connectivity index (χ4n) is 2.20. The van der Waals surface area contributed by atoms with Gasteiger partial charge in [0.25, 0.3) is 5.91 Å². The Balaban J connectivity index is 1.60. The second-order valence-corrected chi connectivity index (χ2v) is 7.19. The molecular weight excluding hydrogens is 332 g/mol. The predicted octanol–water partition coefficient (Wildman–Crippen LogP) is 4.24. The summed E-state index contributed by atoms with van der Waals surface area (Å²) in [5.74, 6) is 0.0528. The molecule has 2 aromatic rings. The SMILES string of the molecule is C[C@H](NC(=O)c1ccc(NC(=O)C2CC2)s1)c1ccc(Cl)cc1. The molecule has 1 aromatic carbocycles. The van der Waals surface area contributed by atoms with Gasteiger partial charge in [0.15, 0.2) is 0 Å². The average molecular weight is 349 g/mol. The van der Waals surface area contributed by atoms with Gasteiger partial charge in [0.1, 0.15) is 0 Å². The van der Waals surface area contributed by atoms with Crippen LogP contribution in [0.15, 0.2) is 36.4 Å². The molecule has 1 fully saturated rings. The Bertz CT molecular complexity index is 722. The van der Waals surface area contributed by atoms with Crippen LogP contribution in [-0.4, -0.2) is 11.8 Å². The summed E-state index contributed by atoms with van der Waals surface area (Å²) in [4.78, 5) is 24.6. The lowest BCUT2D eigenvalue weighted by molar-refractivity contribution is -0.117. The van der Waals surface area contributed by atoms with Gasteiger partial charge in [-0.25, -0.2) is 0 Å². The second kappa shape index (κ2) is 6.72. The van der Waals surface area contributed by atoms with Gasteiger partial charge >= 0.3 is 0 Å². The van der Waals surface area contributed by atoms with Crippen LogP contribution in [0.2, 0.25) is 5.02 Å². The third-order valence-electron chi connectivity index (χ3n) is 3.74. The molecule has 6 heteroatoms. The van der Waals surface area contributed by atoms with Crippen molar-refractivity contribution in [2.45, 2.75) is 25.8 Å². The first-order chi connectivity index (χ1) is 11.0. The summed E-state index contributed by atoms with van der Waals surface area (Å²) >= 11 is 7.16. The summed E-state index contributed by atoms with van der Waals surface area (Å²) in [6.45, 7) is 1.92. The molecule has 4 nitrogen and oxygen atoms in total. The lowest BCUT2D eigenvalue weighted by atomic mass is 10.1. The van der Waals surface area contributed by atoms with Crippen LogP contribution in [0.5, 0.6) is 0 Å². The number of nitrogens with one attached hydrogen (secondary N) is 2. The predicted molar refractivity (Wildman–Crippen MR) is 93.0 cm³/mol. The zero-order valence-corrected chi connectivity index (χ0v) is 14.2. The van der Waals surface area contributed by atoms with Crippen molar-refractivity contribution in [2.75, 3.05) is 5.32 Å². The molecule has 1 atom stereocenters. The van der Waals surface area contributed by atoms with Gasteiger partial charge in [-0.2, -0.15) is 0 Å². The van der Waals surface area contributed by atoms with E-state index in [1.807, 2.05) is 19.1 Å². The number of thiophene rings is 1. The van der Waals surface area contributed by atoms with Crippen molar-refractivity contribution in [3.8, 4) is 0 Å². The first-order valence-electron chi connectivity index (χ1n) is 7.50. The molecule has 120 valence electrons. The van der Waals surface area contributed by atoms with E-state index in [1.165, 1.54) is 11.3 Å². The van der Waals surface area contributed by atoms with Gasteiger partial charge in [0.05, 0.1) is 15.9 Å². The molecular formula is C17H17ClN2O2S. The van der Waals surface area contributed by atoms with Crippen molar-refractivity contribution in [1.29, 1.82) is 0 Å². The van der Waals surface area contributed by atoms with Crippen molar-refractivity contribution in [3.05, 3.63) is 51.9 Å². The van der Waals surface area contributed by atoms with Crippen molar-refractivity contribution < 1.29 is 9.59 Å². The molecule has 0 saturated heterocycles. The van der Waals surface area contributed by atoms with Crippen LogP contribution in [0.1, 0.15) is 41.0 Å². The van der Waals surface area contributed by atoms with Gasteiger partial charge in [0, 0.05) is 10.9 Å². The lowest BCUT2D eigenvalue weighted by Gasteiger charge is -2.13. The highest BCUT2D eigenvalue weighted by Gasteiger charge is 2.29. The quantitative estimate of drug-likeness (QED) is 0.849. The Morgan fingerprint density at radius 3 is 2.52 bits per heavy atom. The maximum Gasteiger partial charge on any atom is 0.261 e. The molecule has 0 unspecified atom stereocenters. The molecule has 1 heterocycles. The van der Waals surface area contributed by atoms with E-state index in [1.54, 1.807) is 24.3 Å². The third kappa shape index (κ3) is 4.12. The van der Waals surface area contributed by atoms with Gasteiger partial charge in [-0.3, -0.25) is 9.59 Å². The number of hydrogen-bond donors (Lipinski definition) is 2. The number of halogens is 1. The number of rotatable bonds is 5. The Labute approximate surface area is 143 Å². The Morgan fingerprint density at radius 2 is 1.87 bits per heavy atom. The van der Waals surface area contributed by atoms with Crippen LogP contribution >= 0.6 is 22.9 Å². The fraction of sp³-hybridized carbons (Fsp3) is 0.294. The molecule has 0 spiro atoms. The highest BCUT2D eigenvalue weighted by Crippen LogP contribution is 2.31. The van der Waals surface area contributed by atoms with E-state index < -0.39 is 0 Å². The van der Waals surface area contributed by atoms with E-state index in [-0.39, 0.29) is 23.8 Å². The molecule has 3 rings (SSSR count). The largest absolute Gasteiger partial charge is 0.345 e. The standard InChI is InChI=1S/C17H17ClN2O2S/c1-10(11-4-6-13(18)7-5-11)19-17(22)14-8-9-15(23-14)20-16(21)12-2-3-12/h4-10,12H,2-3H2,1H3,(H,19,22)(H,20,21)/t10-/m0/s1. The minimum absolute atomic E-state index is 0.0494. The smallest absolute Gasteiger partial charge is 0.261 e. The number of anilines is 1. The Morgan fingerprint density at radius 1 is 1.17 bits per heavy atom. The van der Waals surface area contributed by atoms with Crippen molar-refractivity contribution >= 4 is 39.8 Å². The lowest BCUT2D eigenvalue weighted by Crippen LogP contribution is -2.25. The third-order valence-corrected chi connectivity index (χ3v) is 4.99. The summed E-state index contributed by atoms with van der Waals surface area (Å²) in [5.41, 5.74) is 0.988. The maximum absolute atomic E-state index is 12.3. The molecule has 2 amide bonds. The van der Waals surface area contributed by atoms with Gasteiger partial charge in [-0.1, -0.05) is 23.7 Å². The zero-order chi connectivity index (χ0) is 16.4. The first-order valence-corrected chi connectivity index (χ1v) is 8.69. The summed E-state index contributed by atoms with van der Waals surface area (Å²) in [5, 5.41) is 7.19. The van der Waals surface area contributed by atoms with Gasteiger partial charge in [-0.05, 0) is 49.6 Å². The molecule has 2 N–H and O–H groups in total. The fourth-order valence-corrected chi connectivity index (χ4v) is 3.14. The zero-order valence-electron chi connectivity index (χ0n) is 12.6. The van der Waals surface area contributed by atoms with Gasteiger partial charge in [0.2, 0.25) is 5.91 Å². The molecule has 0 aliphatic heterocycles. The molecule has 1 saturated carbocycles. The summed E-state index contributed by atoms with van der Waals surface area (Å²) in [6, 6.07) is 10.8. The second-order valence-electron chi connectivity index (χ2n) is 5.67. The van der Waals surface area contributed by atoms with E-state index in [2.05, 4.69) is 10.6 Å². The van der Waals surface area contributed by atoms with Crippen LogP contribution in [0.3, 0.4) is 0 Å². The molecule has 0 radical (unpaired) electrons. The number of carbonyl (C=O) groups excluding carboxylic acids is 2. The summed E-state index contributed by atoms with van der Waals surface area (Å²) in [6.07, 6.45) is 1.92. The summed E-state index contributed by atoms with van der Waals surface area (Å²) < 4.78 is 0. The van der Waals surface area contributed by atoms with Crippen molar-refractivity contribution in [2.24, 2.45) is 5.92 Å². The average Bonchev–Trinajstić information content (AvgIpc) is 3.28. The molecule has 0 bridgehead atoms. The monoisotopic (exact) mass is 348 g/mol. The molecule has 1 aliphatic carbocycles. The minimum atomic E-state index is -0.149. The van der Waals surface area contributed by atoms with Gasteiger partial charge in [-0.15, -0.1) is 11.3 Å². The highest BCUT2D eigenvalue weighted by molar-refractivity contribution is 7.18. The molecule has 1 aliphatic rings. The highest BCUT2D eigenvalue weighted by atomic mass is 35.5. The van der Waals surface area contributed by atoms with Crippen molar-refractivity contribution in [1.82, 2.24) is 5.32 Å². The topological polar surface area (TPSA) is 58.2 Å². The van der Waals surface area contributed by atoms with Crippen LogP contribution in [0, 0.1) is 5.92 Å².